The highest BCUT2D eigenvalue weighted by Crippen LogP contribution is 2.27. The minimum atomic E-state index is -0.463. The van der Waals surface area contributed by atoms with Gasteiger partial charge in [-0.15, -0.1) is 11.3 Å². The Kier molecular flexibility index (Phi) is 6.07. The maximum atomic E-state index is 12.2. The predicted molar refractivity (Wildman–Crippen MR) is 76.0 cm³/mol. The number of nitriles is 1. The lowest BCUT2D eigenvalue weighted by atomic mass is 9.97. The van der Waals surface area contributed by atoms with Crippen LogP contribution < -0.4 is 0 Å². The van der Waals surface area contributed by atoms with Crippen LogP contribution in [0, 0.1) is 17.2 Å². The van der Waals surface area contributed by atoms with E-state index in [2.05, 4.69) is 26.8 Å². The number of unbranched alkanes of at least 4 members (excludes halogenated alkanes) is 2. The van der Waals surface area contributed by atoms with Crippen LogP contribution in [0.1, 0.15) is 66.9 Å². The van der Waals surface area contributed by atoms with Crippen molar-refractivity contribution in [3.05, 3.63) is 21.9 Å². The van der Waals surface area contributed by atoms with E-state index in [1.54, 1.807) is 0 Å². The molecule has 0 saturated heterocycles. The Balaban J connectivity index is 2.68. The lowest BCUT2D eigenvalue weighted by molar-refractivity contribution is 0.0946. The van der Waals surface area contributed by atoms with Crippen LogP contribution >= 0.6 is 11.3 Å². The van der Waals surface area contributed by atoms with Crippen molar-refractivity contribution in [3.8, 4) is 6.07 Å². The van der Waals surface area contributed by atoms with E-state index in [9.17, 15) is 4.79 Å². The van der Waals surface area contributed by atoms with Gasteiger partial charge in [0.1, 0.15) is 5.92 Å². The molecule has 0 N–H and O–H groups in total. The smallest absolute Gasteiger partial charge is 0.189 e. The maximum absolute atomic E-state index is 12.2. The van der Waals surface area contributed by atoms with Crippen LogP contribution in [0.25, 0.3) is 0 Å². The third-order valence-corrected chi connectivity index (χ3v) is 4.41. The molecule has 3 heteroatoms. The summed E-state index contributed by atoms with van der Waals surface area (Å²) in [5, 5.41) is 9.11. The highest BCUT2D eigenvalue weighted by atomic mass is 32.1. The molecule has 0 fully saturated rings. The quantitative estimate of drug-likeness (QED) is 0.525. The number of thiophene rings is 1. The fourth-order valence-electron chi connectivity index (χ4n) is 1.82. The summed E-state index contributed by atoms with van der Waals surface area (Å²) in [6, 6.07) is 6.03. The number of Topliss-reactive ketones (excluding diaryl/α,β-unsaturated/α-hetero) is 1. The lowest BCUT2D eigenvalue weighted by Gasteiger charge is -2.06. The zero-order valence-electron chi connectivity index (χ0n) is 11.4. The molecule has 1 unspecified atom stereocenters. The van der Waals surface area contributed by atoms with Crippen LogP contribution in [0.4, 0.5) is 0 Å². The Bertz CT molecular complexity index is 428. The second-order valence-corrected chi connectivity index (χ2v) is 6.01. The van der Waals surface area contributed by atoms with Crippen LogP contribution in [0.3, 0.4) is 0 Å². The first-order valence-electron chi connectivity index (χ1n) is 6.63. The maximum Gasteiger partial charge on any atom is 0.189 e. The van der Waals surface area contributed by atoms with Gasteiger partial charge in [-0.05, 0) is 24.5 Å². The number of rotatable bonds is 7. The summed E-state index contributed by atoms with van der Waals surface area (Å²) in [5.41, 5.74) is 0. The van der Waals surface area contributed by atoms with Crippen molar-refractivity contribution >= 4 is 17.1 Å². The summed E-state index contributed by atoms with van der Waals surface area (Å²) in [5.74, 6) is -0.0158. The molecule has 0 aliphatic rings. The molecule has 1 aromatic rings. The Hall–Kier alpha value is -1.14. The highest BCUT2D eigenvalue weighted by molar-refractivity contribution is 7.14. The van der Waals surface area contributed by atoms with Gasteiger partial charge in [0.25, 0.3) is 0 Å². The first-order valence-corrected chi connectivity index (χ1v) is 7.45. The number of carbonyl (C=O) groups excluding carboxylic acids is 1. The standard InChI is InChI=1S/C15H21NOS/c1-4-5-6-7-12(10-16)15(17)14-9-8-13(18-14)11(2)3/h8-9,11-12H,4-7H2,1-3H3. The van der Waals surface area contributed by atoms with Crippen LogP contribution in [0.15, 0.2) is 12.1 Å². The molecular formula is C15H21NOS. The van der Waals surface area contributed by atoms with E-state index in [0.29, 0.717) is 12.3 Å². The van der Waals surface area contributed by atoms with Crippen molar-refractivity contribution in [2.75, 3.05) is 0 Å². The van der Waals surface area contributed by atoms with Gasteiger partial charge in [0.15, 0.2) is 5.78 Å². The summed E-state index contributed by atoms with van der Waals surface area (Å²) in [6.45, 7) is 6.35. The molecule has 1 heterocycles. The van der Waals surface area contributed by atoms with Gasteiger partial charge < -0.3 is 0 Å². The SMILES string of the molecule is CCCCCC(C#N)C(=O)c1ccc(C(C)C)s1. The molecule has 98 valence electrons. The molecule has 0 radical (unpaired) electrons. The second-order valence-electron chi connectivity index (χ2n) is 4.90. The Morgan fingerprint density at radius 1 is 1.39 bits per heavy atom. The van der Waals surface area contributed by atoms with Crippen LogP contribution in [0.5, 0.6) is 0 Å². The number of hydrogen-bond acceptors (Lipinski definition) is 3. The van der Waals surface area contributed by atoms with Gasteiger partial charge in [0.05, 0.1) is 10.9 Å². The van der Waals surface area contributed by atoms with E-state index >= 15 is 0 Å². The molecule has 18 heavy (non-hydrogen) atoms. The van der Waals surface area contributed by atoms with Crippen molar-refractivity contribution in [1.82, 2.24) is 0 Å². The van der Waals surface area contributed by atoms with E-state index < -0.39 is 5.92 Å². The van der Waals surface area contributed by atoms with Crippen molar-refractivity contribution in [3.63, 3.8) is 0 Å². The van der Waals surface area contributed by atoms with Crippen molar-refractivity contribution < 1.29 is 4.79 Å². The molecule has 1 aromatic heterocycles. The Morgan fingerprint density at radius 2 is 2.11 bits per heavy atom. The zero-order valence-corrected chi connectivity index (χ0v) is 12.2. The van der Waals surface area contributed by atoms with Crippen molar-refractivity contribution in [1.29, 1.82) is 5.26 Å². The van der Waals surface area contributed by atoms with Crippen molar-refractivity contribution in [2.45, 2.75) is 52.4 Å². The lowest BCUT2D eigenvalue weighted by Crippen LogP contribution is -2.11. The van der Waals surface area contributed by atoms with E-state index in [1.807, 2.05) is 12.1 Å². The number of ketones is 1. The highest BCUT2D eigenvalue weighted by Gasteiger charge is 2.21. The molecule has 2 nitrogen and oxygen atoms in total. The molecular weight excluding hydrogens is 242 g/mol. The van der Waals surface area contributed by atoms with Gasteiger partial charge >= 0.3 is 0 Å². The third kappa shape index (κ3) is 3.96. The van der Waals surface area contributed by atoms with E-state index in [0.717, 1.165) is 24.1 Å². The molecule has 1 rings (SSSR count). The molecule has 0 aromatic carbocycles. The van der Waals surface area contributed by atoms with Crippen LogP contribution in [0.2, 0.25) is 0 Å². The molecule has 0 aliphatic heterocycles. The zero-order chi connectivity index (χ0) is 13.5. The second kappa shape index (κ2) is 7.33. The van der Waals surface area contributed by atoms with E-state index in [4.69, 9.17) is 5.26 Å². The summed E-state index contributed by atoms with van der Waals surface area (Å²) >= 11 is 1.53. The monoisotopic (exact) mass is 263 g/mol. The summed E-state index contributed by atoms with van der Waals surface area (Å²) in [7, 11) is 0. The molecule has 0 bridgehead atoms. The number of carbonyl (C=O) groups is 1. The van der Waals surface area contributed by atoms with Crippen molar-refractivity contribution in [2.24, 2.45) is 5.92 Å². The topological polar surface area (TPSA) is 40.9 Å². The van der Waals surface area contributed by atoms with Crippen LogP contribution in [-0.2, 0) is 0 Å². The Labute approximate surface area is 114 Å². The van der Waals surface area contributed by atoms with Gasteiger partial charge in [-0.1, -0.05) is 40.0 Å². The molecule has 0 saturated carbocycles. The van der Waals surface area contributed by atoms with Gasteiger partial charge in [0.2, 0.25) is 0 Å². The minimum absolute atomic E-state index is 0.00510. The molecule has 0 amide bonds. The summed E-state index contributed by atoms with van der Waals surface area (Å²) in [4.78, 5) is 14.1. The normalized spacial score (nSPS) is 12.4. The third-order valence-electron chi connectivity index (χ3n) is 3.01. The predicted octanol–water partition coefficient (Wildman–Crippen LogP) is 4.77. The van der Waals surface area contributed by atoms with E-state index in [-0.39, 0.29) is 5.78 Å². The van der Waals surface area contributed by atoms with Gasteiger partial charge in [-0.3, -0.25) is 4.79 Å². The van der Waals surface area contributed by atoms with Gasteiger partial charge in [-0.2, -0.15) is 5.26 Å². The summed E-state index contributed by atoms with van der Waals surface area (Å²) in [6.07, 6.45) is 3.86. The van der Waals surface area contributed by atoms with Gasteiger partial charge in [-0.25, -0.2) is 0 Å². The average Bonchev–Trinajstić information content (AvgIpc) is 2.83. The number of hydrogen-bond donors (Lipinski definition) is 0. The first-order chi connectivity index (χ1) is 8.60. The largest absolute Gasteiger partial charge is 0.292 e. The molecule has 1 atom stereocenters. The van der Waals surface area contributed by atoms with E-state index in [1.165, 1.54) is 16.2 Å². The number of nitrogens with zero attached hydrogens (tertiary/aromatic N) is 1. The fraction of sp³-hybridized carbons (Fsp3) is 0.600. The average molecular weight is 263 g/mol. The molecule has 0 spiro atoms. The first kappa shape index (κ1) is 14.9. The minimum Gasteiger partial charge on any atom is -0.292 e. The van der Waals surface area contributed by atoms with Crippen LogP contribution in [-0.4, -0.2) is 5.78 Å². The van der Waals surface area contributed by atoms with Gasteiger partial charge in [0, 0.05) is 4.88 Å². The Morgan fingerprint density at radius 3 is 2.61 bits per heavy atom. The summed E-state index contributed by atoms with van der Waals surface area (Å²) < 4.78 is 0. The fourth-order valence-corrected chi connectivity index (χ4v) is 2.82. The molecule has 0 aliphatic carbocycles.